The number of hydrogen-bond donors (Lipinski definition) is 2. The number of nitrogens with one attached hydrogen (secondary N) is 2. The highest BCUT2D eigenvalue weighted by Gasteiger charge is 2.20. The van der Waals surface area contributed by atoms with Crippen LogP contribution in [0.1, 0.15) is 64.4 Å². The first-order valence-corrected chi connectivity index (χ1v) is 9.78. The molecule has 0 aliphatic rings. The molecule has 0 radical (unpaired) electrons. The molecule has 0 aliphatic carbocycles. The van der Waals surface area contributed by atoms with Gasteiger partial charge in [0.25, 0.3) is 0 Å². The summed E-state index contributed by atoms with van der Waals surface area (Å²) in [6.07, 6.45) is 7.77. The van der Waals surface area contributed by atoms with Crippen LogP contribution in [0.25, 0.3) is 0 Å². The second-order valence-corrected chi connectivity index (χ2v) is 6.90. The first kappa shape index (κ1) is 21.9. The summed E-state index contributed by atoms with van der Waals surface area (Å²) in [6.45, 7) is 8.30. The molecule has 26 heavy (non-hydrogen) atoms. The average Bonchev–Trinajstić information content (AvgIpc) is 2.61. The van der Waals surface area contributed by atoms with Crippen molar-refractivity contribution in [3.8, 4) is 0 Å². The number of benzene rings is 1. The van der Waals surface area contributed by atoms with E-state index in [0.29, 0.717) is 6.54 Å². The van der Waals surface area contributed by atoms with Crippen LogP contribution in [0.4, 0.5) is 0 Å². The third-order valence-electron chi connectivity index (χ3n) is 4.32. The molecule has 1 amide bonds. The normalized spacial score (nSPS) is 11.6. The lowest BCUT2D eigenvalue weighted by molar-refractivity contribution is -0.126. The van der Waals surface area contributed by atoms with Crippen LogP contribution in [0.2, 0.25) is 0 Å². The summed E-state index contributed by atoms with van der Waals surface area (Å²) in [7, 11) is 0. The number of hydrogen-bond acceptors (Lipinski definition) is 3. The molecule has 0 fully saturated rings. The summed E-state index contributed by atoms with van der Waals surface area (Å²) in [6, 6.07) is 9.49. The predicted octanol–water partition coefficient (Wildman–Crippen LogP) is 4.16. The van der Waals surface area contributed by atoms with Gasteiger partial charge in [0.15, 0.2) is 0 Å². The topological polar surface area (TPSA) is 58.2 Å². The Balaban J connectivity index is 2.39. The highest BCUT2D eigenvalue weighted by Crippen LogP contribution is 2.09. The van der Waals surface area contributed by atoms with Gasteiger partial charge in [-0.15, -0.1) is 0 Å². The highest BCUT2D eigenvalue weighted by atomic mass is 16.2. The van der Waals surface area contributed by atoms with Crippen LogP contribution >= 0.6 is 0 Å². The third-order valence-corrected chi connectivity index (χ3v) is 4.32. The molecule has 144 valence electrons. The largest absolute Gasteiger partial charge is 0.377 e. The van der Waals surface area contributed by atoms with Crippen molar-refractivity contribution >= 4 is 11.7 Å². The first-order chi connectivity index (χ1) is 12.5. The van der Waals surface area contributed by atoms with Gasteiger partial charge in [0, 0.05) is 18.7 Å². The minimum absolute atomic E-state index is 0.00328. The molecule has 4 nitrogen and oxygen atoms in total. The number of ketones is 1. The molecule has 0 spiro atoms. The average molecular weight is 359 g/mol. The van der Waals surface area contributed by atoms with Gasteiger partial charge in [0.1, 0.15) is 11.8 Å². The molecule has 0 aromatic heterocycles. The fraction of sp³-hybridized carbons (Fsp3) is 0.545. The molecule has 2 N–H and O–H groups in total. The third kappa shape index (κ3) is 10.0. The van der Waals surface area contributed by atoms with Gasteiger partial charge in [0.05, 0.1) is 0 Å². The zero-order valence-electron chi connectivity index (χ0n) is 16.4. The number of Topliss-reactive ketones (excluding diaryl/α,β-unsaturated/α-hetero) is 1. The molecule has 1 atom stereocenters. The second kappa shape index (κ2) is 13.2. The summed E-state index contributed by atoms with van der Waals surface area (Å²) in [5.41, 5.74) is 2.02. The summed E-state index contributed by atoms with van der Waals surface area (Å²) >= 11 is 0. The van der Waals surface area contributed by atoms with Crippen LogP contribution in [0.5, 0.6) is 0 Å². The van der Waals surface area contributed by atoms with Gasteiger partial charge >= 0.3 is 0 Å². The maximum absolute atomic E-state index is 12.5. The number of carbonyl (C=O) groups is 2. The van der Waals surface area contributed by atoms with Crippen LogP contribution in [-0.2, 0) is 16.0 Å². The van der Waals surface area contributed by atoms with Crippen molar-refractivity contribution in [2.24, 2.45) is 0 Å². The molecule has 0 saturated heterocycles. The summed E-state index contributed by atoms with van der Waals surface area (Å²) in [5.74, 6) is -0.139. The zero-order chi connectivity index (χ0) is 19.2. The van der Waals surface area contributed by atoms with E-state index in [1.54, 1.807) is 0 Å². The molecule has 0 aliphatic heterocycles. The first-order valence-electron chi connectivity index (χ1n) is 9.78. The molecule has 0 bridgehead atoms. The van der Waals surface area contributed by atoms with Crippen LogP contribution < -0.4 is 10.6 Å². The van der Waals surface area contributed by atoms with E-state index in [1.807, 2.05) is 30.3 Å². The van der Waals surface area contributed by atoms with Crippen molar-refractivity contribution in [2.45, 2.75) is 71.3 Å². The van der Waals surface area contributed by atoms with Crippen molar-refractivity contribution in [1.82, 2.24) is 10.6 Å². The van der Waals surface area contributed by atoms with Crippen molar-refractivity contribution in [3.05, 3.63) is 48.2 Å². The van der Waals surface area contributed by atoms with Crippen LogP contribution in [-0.4, -0.2) is 24.3 Å². The van der Waals surface area contributed by atoms with E-state index in [2.05, 4.69) is 24.1 Å². The smallest absolute Gasteiger partial charge is 0.242 e. The van der Waals surface area contributed by atoms with E-state index in [9.17, 15) is 9.59 Å². The Kier molecular flexibility index (Phi) is 11.1. The van der Waals surface area contributed by atoms with Crippen molar-refractivity contribution in [1.29, 1.82) is 0 Å². The predicted molar refractivity (Wildman–Crippen MR) is 108 cm³/mol. The Morgan fingerprint density at radius 3 is 2.42 bits per heavy atom. The highest BCUT2D eigenvalue weighted by molar-refractivity contribution is 5.88. The molecule has 1 rings (SSSR count). The lowest BCUT2D eigenvalue weighted by Gasteiger charge is -2.20. The zero-order valence-corrected chi connectivity index (χ0v) is 16.4. The summed E-state index contributed by atoms with van der Waals surface area (Å²) in [4.78, 5) is 24.0. The molecular weight excluding hydrogens is 324 g/mol. The van der Waals surface area contributed by atoms with Crippen molar-refractivity contribution < 1.29 is 9.59 Å². The minimum Gasteiger partial charge on any atom is -0.377 e. The van der Waals surface area contributed by atoms with Crippen LogP contribution in [0.3, 0.4) is 0 Å². The van der Waals surface area contributed by atoms with Crippen molar-refractivity contribution in [2.75, 3.05) is 6.54 Å². The lowest BCUT2D eigenvalue weighted by Crippen LogP contribution is -2.45. The Labute approximate surface area is 158 Å². The van der Waals surface area contributed by atoms with E-state index in [1.165, 1.54) is 38.2 Å². The monoisotopic (exact) mass is 358 g/mol. The van der Waals surface area contributed by atoms with E-state index >= 15 is 0 Å². The SMILES string of the molecule is C=C(CCCCCCC)N[C@H](CC(C)=O)C(=O)NCCc1ccccc1. The Hall–Kier alpha value is -2.10. The van der Waals surface area contributed by atoms with Crippen molar-refractivity contribution in [3.63, 3.8) is 0 Å². The van der Waals surface area contributed by atoms with Crippen LogP contribution in [0, 0.1) is 0 Å². The molecule has 4 heteroatoms. The lowest BCUT2D eigenvalue weighted by atomic mass is 10.1. The molecule has 0 heterocycles. The Bertz CT molecular complexity index is 555. The molecular formula is C22H34N2O2. The van der Waals surface area contributed by atoms with Gasteiger partial charge in [0.2, 0.25) is 5.91 Å². The molecule has 1 aromatic rings. The van der Waals surface area contributed by atoms with Crippen LogP contribution in [0.15, 0.2) is 42.6 Å². The van der Waals surface area contributed by atoms with Gasteiger partial charge in [-0.05, 0) is 31.7 Å². The van der Waals surface area contributed by atoms with E-state index < -0.39 is 6.04 Å². The van der Waals surface area contributed by atoms with E-state index in [4.69, 9.17) is 0 Å². The molecule has 0 unspecified atom stereocenters. The van der Waals surface area contributed by atoms with E-state index in [-0.39, 0.29) is 18.1 Å². The fourth-order valence-electron chi connectivity index (χ4n) is 2.86. The second-order valence-electron chi connectivity index (χ2n) is 6.90. The fourth-order valence-corrected chi connectivity index (χ4v) is 2.86. The number of rotatable bonds is 14. The number of unbranched alkanes of at least 4 members (excludes halogenated alkanes) is 4. The maximum Gasteiger partial charge on any atom is 0.242 e. The van der Waals surface area contributed by atoms with Gasteiger partial charge in [-0.25, -0.2) is 0 Å². The standard InChI is InChI=1S/C22H34N2O2/c1-4-5-6-7-9-12-18(2)24-21(17-19(3)25)22(26)23-16-15-20-13-10-8-11-14-20/h8,10-11,13-14,21,24H,2,4-7,9,12,15-17H2,1,3H3,(H,23,26)/t21-/m1/s1. The molecule has 0 saturated carbocycles. The van der Waals surface area contributed by atoms with Gasteiger partial charge in [-0.2, -0.15) is 0 Å². The number of carbonyl (C=O) groups excluding carboxylic acids is 2. The maximum atomic E-state index is 12.5. The van der Waals surface area contributed by atoms with Gasteiger partial charge < -0.3 is 10.6 Å². The Morgan fingerprint density at radius 2 is 1.77 bits per heavy atom. The van der Waals surface area contributed by atoms with E-state index in [0.717, 1.165) is 25.0 Å². The minimum atomic E-state index is -0.536. The number of allylic oxidation sites excluding steroid dienone is 1. The Morgan fingerprint density at radius 1 is 1.08 bits per heavy atom. The quantitative estimate of drug-likeness (QED) is 0.491. The summed E-state index contributed by atoms with van der Waals surface area (Å²) in [5, 5.41) is 6.09. The number of amides is 1. The van der Waals surface area contributed by atoms with Gasteiger partial charge in [-0.1, -0.05) is 69.5 Å². The summed E-state index contributed by atoms with van der Waals surface area (Å²) < 4.78 is 0. The molecule has 1 aromatic carbocycles. The van der Waals surface area contributed by atoms with Gasteiger partial charge in [-0.3, -0.25) is 9.59 Å².